The number of carbonyl (C=O) groups excluding carboxylic acids is 1. The van der Waals surface area contributed by atoms with E-state index in [0.717, 1.165) is 36.1 Å². The number of rotatable bonds is 3. The molecule has 1 aliphatic rings. The van der Waals surface area contributed by atoms with Crippen molar-refractivity contribution in [2.24, 2.45) is 0 Å². The van der Waals surface area contributed by atoms with Gasteiger partial charge in [-0.25, -0.2) is 0 Å². The van der Waals surface area contributed by atoms with Crippen LogP contribution in [0.2, 0.25) is 0 Å². The molecule has 2 rings (SSSR count). The number of hydrogen-bond acceptors (Lipinski definition) is 3. The molecule has 1 atom stereocenters. The number of nitrogens with one attached hydrogen (secondary N) is 1. The van der Waals surface area contributed by atoms with Crippen molar-refractivity contribution in [1.82, 2.24) is 5.32 Å². The minimum absolute atomic E-state index is 0.148. The molecule has 3 heteroatoms. The van der Waals surface area contributed by atoms with Gasteiger partial charge >= 0.3 is 0 Å². The lowest BCUT2D eigenvalue weighted by Crippen LogP contribution is -2.44. The Hall–Kier alpha value is -1.35. The quantitative estimate of drug-likeness (QED) is 0.834. The molecule has 1 aliphatic heterocycles. The van der Waals surface area contributed by atoms with Crippen LogP contribution >= 0.6 is 0 Å². The molecule has 1 aromatic carbocycles. The number of benzene rings is 1. The maximum Gasteiger partial charge on any atom is 0.186 e. The molecule has 1 unspecified atom stereocenters. The summed E-state index contributed by atoms with van der Waals surface area (Å²) >= 11 is 0. The zero-order valence-electron chi connectivity index (χ0n) is 11.6. The molecule has 0 amide bonds. The molecule has 1 N–H and O–H groups in total. The zero-order valence-corrected chi connectivity index (χ0v) is 11.6. The van der Waals surface area contributed by atoms with Crippen molar-refractivity contribution in [3.8, 4) is 5.75 Å². The van der Waals surface area contributed by atoms with E-state index in [2.05, 4.69) is 5.32 Å². The van der Waals surface area contributed by atoms with Crippen LogP contribution in [0, 0.1) is 13.8 Å². The molecule has 0 saturated carbocycles. The summed E-state index contributed by atoms with van der Waals surface area (Å²) < 4.78 is 5.38. The number of methoxy groups -OCH3 is 1. The number of ether oxygens (including phenoxy) is 1. The molecule has 3 nitrogen and oxygen atoms in total. The van der Waals surface area contributed by atoms with Gasteiger partial charge in [0.1, 0.15) is 5.75 Å². The van der Waals surface area contributed by atoms with Crippen LogP contribution in [0.1, 0.15) is 41.3 Å². The third-order valence-corrected chi connectivity index (χ3v) is 3.76. The Balaban J connectivity index is 2.47. The van der Waals surface area contributed by atoms with Crippen molar-refractivity contribution in [3.63, 3.8) is 0 Å². The predicted molar refractivity (Wildman–Crippen MR) is 72.4 cm³/mol. The molecule has 0 radical (unpaired) electrons. The smallest absolute Gasteiger partial charge is 0.186 e. The molecular formula is C15H21NO2. The van der Waals surface area contributed by atoms with Crippen LogP contribution in [-0.2, 0) is 0 Å². The van der Waals surface area contributed by atoms with Gasteiger partial charge in [0.25, 0.3) is 0 Å². The van der Waals surface area contributed by atoms with E-state index < -0.39 is 5.54 Å². The molecule has 18 heavy (non-hydrogen) atoms. The zero-order chi connectivity index (χ0) is 13.3. The van der Waals surface area contributed by atoms with Crippen LogP contribution in [0.5, 0.6) is 5.75 Å². The van der Waals surface area contributed by atoms with Gasteiger partial charge in [-0.2, -0.15) is 0 Å². The van der Waals surface area contributed by atoms with Crippen LogP contribution < -0.4 is 10.1 Å². The fourth-order valence-corrected chi connectivity index (χ4v) is 2.74. The third-order valence-electron chi connectivity index (χ3n) is 3.76. The largest absolute Gasteiger partial charge is 0.496 e. The monoisotopic (exact) mass is 247 g/mol. The normalized spacial score (nSPS) is 23.1. The molecule has 0 aliphatic carbocycles. The molecule has 98 valence electrons. The highest BCUT2D eigenvalue weighted by molar-refractivity contribution is 6.06. The highest BCUT2D eigenvalue weighted by atomic mass is 16.5. The fourth-order valence-electron chi connectivity index (χ4n) is 2.74. The van der Waals surface area contributed by atoms with Gasteiger partial charge in [-0.05, 0) is 57.4 Å². The first-order chi connectivity index (χ1) is 8.48. The Morgan fingerprint density at radius 3 is 2.67 bits per heavy atom. The Morgan fingerprint density at radius 2 is 2.11 bits per heavy atom. The van der Waals surface area contributed by atoms with Crippen LogP contribution in [0.25, 0.3) is 0 Å². The number of hydrogen-bond donors (Lipinski definition) is 1. The minimum Gasteiger partial charge on any atom is -0.496 e. The summed E-state index contributed by atoms with van der Waals surface area (Å²) in [6.07, 6.45) is 1.94. The third kappa shape index (κ3) is 2.15. The van der Waals surface area contributed by atoms with E-state index in [-0.39, 0.29) is 5.78 Å². The molecule has 0 spiro atoms. The summed E-state index contributed by atoms with van der Waals surface area (Å²) in [6, 6.07) is 3.96. The Labute approximate surface area is 109 Å². The predicted octanol–water partition coefficient (Wildman–Crippen LogP) is 2.64. The minimum atomic E-state index is -0.437. The molecule has 1 fully saturated rings. The average Bonchev–Trinajstić information content (AvgIpc) is 2.75. The topological polar surface area (TPSA) is 38.3 Å². The van der Waals surface area contributed by atoms with Gasteiger partial charge < -0.3 is 10.1 Å². The Morgan fingerprint density at radius 1 is 1.39 bits per heavy atom. The van der Waals surface area contributed by atoms with Crippen molar-refractivity contribution >= 4 is 5.78 Å². The number of carbonyl (C=O) groups is 1. The number of aryl methyl sites for hydroxylation is 2. The second kappa shape index (κ2) is 4.73. The molecule has 1 saturated heterocycles. The summed E-state index contributed by atoms with van der Waals surface area (Å²) in [5.41, 5.74) is 2.39. The lowest BCUT2D eigenvalue weighted by molar-refractivity contribution is 0.0880. The lowest BCUT2D eigenvalue weighted by atomic mass is 9.87. The Kier molecular flexibility index (Phi) is 3.44. The van der Waals surface area contributed by atoms with Gasteiger partial charge in [0.15, 0.2) is 5.78 Å². The van der Waals surface area contributed by atoms with Gasteiger partial charge in [-0.15, -0.1) is 0 Å². The van der Waals surface area contributed by atoms with E-state index in [1.165, 1.54) is 0 Å². The van der Waals surface area contributed by atoms with Crippen molar-refractivity contribution in [3.05, 3.63) is 28.8 Å². The van der Waals surface area contributed by atoms with E-state index in [1.54, 1.807) is 7.11 Å². The van der Waals surface area contributed by atoms with Gasteiger partial charge in [0.05, 0.1) is 18.2 Å². The van der Waals surface area contributed by atoms with Gasteiger partial charge in [0.2, 0.25) is 0 Å². The summed E-state index contributed by atoms with van der Waals surface area (Å²) in [7, 11) is 1.62. The van der Waals surface area contributed by atoms with Crippen molar-refractivity contribution < 1.29 is 9.53 Å². The van der Waals surface area contributed by atoms with Crippen LogP contribution in [0.3, 0.4) is 0 Å². The van der Waals surface area contributed by atoms with Crippen molar-refractivity contribution in [1.29, 1.82) is 0 Å². The first kappa shape index (κ1) is 13.1. The van der Waals surface area contributed by atoms with Crippen LogP contribution in [-0.4, -0.2) is 25.0 Å². The summed E-state index contributed by atoms with van der Waals surface area (Å²) in [6.45, 7) is 6.89. The van der Waals surface area contributed by atoms with E-state index in [0.29, 0.717) is 5.75 Å². The lowest BCUT2D eigenvalue weighted by Gasteiger charge is -2.25. The Bertz CT molecular complexity index is 474. The first-order valence-corrected chi connectivity index (χ1v) is 6.43. The molecule has 1 aromatic rings. The highest BCUT2D eigenvalue weighted by Gasteiger charge is 2.38. The van der Waals surface area contributed by atoms with Crippen molar-refractivity contribution in [2.75, 3.05) is 13.7 Å². The van der Waals surface area contributed by atoms with Crippen molar-refractivity contribution in [2.45, 2.75) is 39.2 Å². The average molecular weight is 247 g/mol. The fraction of sp³-hybridized carbons (Fsp3) is 0.533. The molecular weight excluding hydrogens is 226 g/mol. The van der Waals surface area contributed by atoms with Gasteiger partial charge in [-0.3, -0.25) is 4.79 Å². The van der Waals surface area contributed by atoms with Crippen LogP contribution in [0.4, 0.5) is 0 Å². The van der Waals surface area contributed by atoms with Gasteiger partial charge in [-0.1, -0.05) is 6.07 Å². The van der Waals surface area contributed by atoms with E-state index in [1.807, 2.05) is 32.9 Å². The van der Waals surface area contributed by atoms with Gasteiger partial charge in [0, 0.05) is 0 Å². The summed E-state index contributed by atoms with van der Waals surface area (Å²) in [5.74, 6) is 0.835. The SMILES string of the molecule is COc1cc(C)cc(C)c1C(=O)C1(C)CCCN1. The molecule has 0 bridgehead atoms. The second-order valence-corrected chi connectivity index (χ2v) is 5.35. The first-order valence-electron chi connectivity index (χ1n) is 6.43. The maximum absolute atomic E-state index is 12.7. The standard InChI is InChI=1S/C15H21NO2/c1-10-8-11(2)13(12(9-10)18-4)14(17)15(3)6-5-7-16-15/h8-9,16H,5-7H2,1-4H3. The van der Waals surface area contributed by atoms with Crippen LogP contribution in [0.15, 0.2) is 12.1 Å². The summed E-state index contributed by atoms with van der Waals surface area (Å²) in [5, 5.41) is 3.32. The maximum atomic E-state index is 12.7. The van der Waals surface area contributed by atoms with E-state index >= 15 is 0 Å². The molecule has 1 heterocycles. The highest BCUT2D eigenvalue weighted by Crippen LogP contribution is 2.31. The molecule has 0 aromatic heterocycles. The number of ketones is 1. The summed E-state index contributed by atoms with van der Waals surface area (Å²) in [4.78, 5) is 12.7. The van der Waals surface area contributed by atoms with E-state index in [9.17, 15) is 4.79 Å². The second-order valence-electron chi connectivity index (χ2n) is 5.35. The van der Waals surface area contributed by atoms with E-state index in [4.69, 9.17) is 4.74 Å². The number of Topliss-reactive ketones (excluding diaryl/α,β-unsaturated/α-hetero) is 1.